The van der Waals surface area contributed by atoms with E-state index in [1.165, 1.54) is 0 Å². The van der Waals surface area contributed by atoms with Crippen LogP contribution >= 0.6 is 0 Å². The van der Waals surface area contributed by atoms with Crippen molar-refractivity contribution in [3.63, 3.8) is 0 Å². The number of pyridine rings is 1. The number of benzene rings is 1. The van der Waals surface area contributed by atoms with Crippen LogP contribution in [0, 0.1) is 18.8 Å². The third-order valence-electron chi connectivity index (χ3n) is 2.63. The van der Waals surface area contributed by atoms with E-state index in [1.807, 2.05) is 25.1 Å². The largest absolute Gasteiger partial charge is 0.320 e. The van der Waals surface area contributed by atoms with E-state index < -0.39 is 0 Å². The number of nitrogens with two attached hydrogens (primary N) is 1. The maximum Gasteiger partial charge on any atom is 0.258 e. The summed E-state index contributed by atoms with van der Waals surface area (Å²) in [6.07, 6.45) is 0. The van der Waals surface area contributed by atoms with Crippen LogP contribution in [0.3, 0.4) is 0 Å². The molecule has 1 aromatic carbocycles. The second kappa shape index (κ2) is 6.50. The van der Waals surface area contributed by atoms with Gasteiger partial charge < -0.3 is 11.1 Å². The number of carbonyl (C=O) groups is 1. The van der Waals surface area contributed by atoms with Gasteiger partial charge in [0.25, 0.3) is 5.91 Å². The topological polar surface area (TPSA) is 68.0 Å². The molecule has 2 rings (SSSR count). The van der Waals surface area contributed by atoms with Gasteiger partial charge in [-0.25, -0.2) is 4.98 Å². The number of anilines is 1. The van der Waals surface area contributed by atoms with Crippen LogP contribution in [0.15, 0.2) is 42.5 Å². The van der Waals surface area contributed by atoms with Crippen molar-refractivity contribution in [2.45, 2.75) is 6.92 Å². The molecule has 1 aromatic heterocycles. The van der Waals surface area contributed by atoms with Crippen LogP contribution in [-0.2, 0) is 0 Å². The molecule has 4 heteroatoms. The van der Waals surface area contributed by atoms with E-state index in [9.17, 15) is 4.79 Å². The number of aromatic nitrogens is 1. The van der Waals surface area contributed by atoms with E-state index >= 15 is 0 Å². The summed E-state index contributed by atoms with van der Waals surface area (Å²) in [5, 5.41) is 2.77. The van der Waals surface area contributed by atoms with Crippen LogP contribution in [0.1, 0.15) is 21.6 Å². The molecule has 0 aliphatic heterocycles. The fraction of sp³-hybridized carbons (Fsp3) is 0.125. The van der Waals surface area contributed by atoms with E-state index in [0.717, 1.165) is 5.69 Å². The van der Waals surface area contributed by atoms with E-state index in [0.29, 0.717) is 16.9 Å². The van der Waals surface area contributed by atoms with Crippen molar-refractivity contribution < 1.29 is 4.79 Å². The summed E-state index contributed by atoms with van der Waals surface area (Å²) in [5.41, 5.74) is 7.37. The van der Waals surface area contributed by atoms with Crippen molar-refractivity contribution in [1.82, 2.24) is 4.98 Å². The van der Waals surface area contributed by atoms with Crippen molar-refractivity contribution in [2.24, 2.45) is 5.73 Å². The van der Waals surface area contributed by atoms with Crippen LogP contribution in [0.4, 0.5) is 5.82 Å². The minimum atomic E-state index is -0.231. The van der Waals surface area contributed by atoms with Crippen molar-refractivity contribution in [1.29, 1.82) is 0 Å². The molecule has 1 amide bonds. The van der Waals surface area contributed by atoms with Gasteiger partial charge in [-0.2, -0.15) is 0 Å². The van der Waals surface area contributed by atoms with Crippen LogP contribution in [-0.4, -0.2) is 17.4 Å². The molecule has 1 heterocycles. The van der Waals surface area contributed by atoms with Crippen molar-refractivity contribution >= 4 is 11.7 Å². The second-order valence-corrected chi connectivity index (χ2v) is 4.17. The number of rotatable bonds is 2. The highest BCUT2D eigenvalue weighted by Crippen LogP contribution is 2.11. The number of amides is 1. The molecular weight excluding hydrogens is 250 g/mol. The molecule has 2 aromatic rings. The van der Waals surface area contributed by atoms with Gasteiger partial charge in [0.2, 0.25) is 0 Å². The maximum absolute atomic E-state index is 12.3. The first-order valence-electron chi connectivity index (χ1n) is 6.23. The summed E-state index contributed by atoms with van der Waals surface area (Å²) in [6, 6.07) is 12.6. The summed E-state index contributed by atoms with van der Waals surface area (Å²) in [7, 11) is 0. The molecule has 0 aliphatic carbocycles. The molecule has 0 radical (unpaired) electrons. The summed E-state index contributed by atoms with van der Waals surface area (Å²) in [4.78, 5) is 16.5. The van der Waals surface area contributed by atoms with Gasteiger partial charge in [-0.05, 0) is 31.2 Å². The molecular formula is C16H15N3O. The highest BCUT2D eigenvalue weighted by Gasteiger charge is 2.10. The maximum atomic E-state index is 12.3. The van der Waals surface area contributed by atoms with Crippen molar-refractivity contribution in [3.8, 4) is 11.8 Å². The Morgan fingerprint density at radius 1 is 1.25 bits per heavy atom. The second-order valence-electron chi connectivity index (χ2n) is 4.17. The molecule has 0 unspecified atom stereocenters. The number of nitrogens with one attached hydrogen (secondary N) is 1. The number of aryl methyl sites for hydroxylation is 1. The van der Waals surface area contributed by atoms with Gasteiger partial charge in [-0.3, -0.25) is 4.79 Å². The first-order chi connectivity index (χ1) is 9.70. The predicted molar refractivity (Wildman–Crippen MR) is 79.3 cm³/mol. The fourth-order valence-electron chi connectivity index (χ4n) is 1.73. The van der Waals surface area contributed by atoms with E-state index in [2.05, 4.69) is 22.1 Å². The van der Waals surface area contributed by atoms with Gasteiger partial charge in [0.05, 0.1) is 12.1 Å². The number of nitrogens with zero attached hydrogens (tertiary/aromatic N) is 1. The minimum Gasteiger partial charge on any atom is -0.320 e. The zero-order valence-electron chi connectivity index (χ0n) is 11.2. The van der Waals surface area contributed by atoms with Gasteiger partial charge >= 0.3 is 0 Å². The summed E-state index contributed by atoms with van der Waals surface area (Å²) in [6.45, 7) is 2.13. The predicted octanol–water partition coefficient (Wildman–Crippen LogP) is 1.95. The third-order valence-corrected chi connectivity index (χ3v) is 2.63. The van der Waals surface area contributed by atoms with Crippen LogP contribution in [0.2, 0.25) is 0 Å². The minimum absolute atomic E-state index is 0.231. The Hall–Kier alpha value is -2.64. The third kappa shape index (κ3) is 3.44. The quantitative estimate of drug-likeness (QED) is 0.815. The van der Waals surface area contributed by atoms with Crippen molar-refractivity contribution in [2.75, 3.05) is 11.9 Å². The number of hydrogen-bond donors (Lipinski definition) is 2. The molecule has 3 N–H and O–H groups in total. The van der Waals surface area contributed by atoms with Crippen LogP contribution in [0.25, 0.3) is 0 Å². The molecule has 0 aliphatic rings. The summed E-state index contributed by atoms with van der Waals surface area (Å²) in [5.74, 6) is 5.94. The number of carbonyl (C=O) groups excluding carboxylic acids is 1. The molecule has 0 atom stereocenters. The number of hydrogen-bond acceptors (Lipinski definition) is 3. The molecule has 0 saturated heterocycles. The lowest BCUT2D eigenvalue weighted by Crippen LogP contribution is -2.14. The zero-order chi connectivity index (χ0) is 14.4. The molecule has 20 heavy (non-hydrogen) atoms. The molecule has 100 valence electrons. The first-order valence-corrected chi connectivity index (χ1v) is 6.23. The highest BCUT2D eigenvalue weighted by atomic mass is 16.1. The summed E-state index contributed by atoms with van der Waals surface area (Å²) < 4.78 is 0. The Morgan fingerprint density at radius 3 is 2.80 bits per heavy atom. The Kier molecular flexibility index (Phi) is 4.48. The average Bonchev–Trinajstić information content (AvgIpc) is 2.45. The highest BCUT2D eigenvalue weighted by molar-refractivity contribution is 6.05. The normalized spacial score (nSPS) is 9.50. The molecule has 0 saturated carbocycles. The zero-order valence-corrected chi connectivity index (χ0v) is 11.2. The Morgan fingerprint density at radius 2 is 2.05 bits per heavy atom. The average molecular weight is 265 g/mol. The van der Waals surface area contributed by atoms with Gasteiger partial charge in [-0.15, -0.1) is 0 Å². The SMILES string of the molecule is Cc1cccc(NC(=O)c2ccccc2C#CCN)n1. The Balaban J connectivity index is 2.25. The Bertz CT molecular complexity index is 683. The lowest BCUT2D eigenvalue weighted by atomic mass is 10.1. The lowest BCUT2D eigenvalue weighted by Gasteiger charge is -2.06. The van der Waals surface area contributed by atoms with Crippen molar-refractivity contribution in [3.05, 3.63) is 59.3 Å². The van der Waals surface area contributed by atoms with Crippen LogP contribution < -0.4 is 11.1 Å². The fourth-order valence-corrected chi connectivity index (χ4v) is 1.73. The van der Waals surface area contributed by atoms with Gasteiger partial charge in [0.1, 0.15) is 5.82 Å². The Labute approximate surface area is 118 Å². The molecule has 4 nitrogen and oxygen atoms in total. The van der Waals surface area contributed by atoms with Crippen LogP contribution in [0.5, 0.6) is 0 Å². The van der Waals surface area contributed by atoms with E-state index in [-0.39, 0.29) is 12.5 Å². The lowest BCUT2D eigenvalue weighted by molar-refractivity contribution is 0.102. The van der Waals surface area contributed by atoms with Gasteiger partial charge in [0.15, 0.2) is 0 Å². The molecule has 0 fully saturated rings. The standard InChI is InChI=1S/C16H15N3O/c1-12-6-4-10-15(18-12)19-16(20)14-9-3-2-7-13(14)8-5-11-17/h2-4,6-7,9-10H,11,17H2,1H3,(H,18,19,20). The first kappa shape index (κ1) is 13.8. The molecule has 0 spiro atoms. The van der Waals surface area contributed by atoms with Gasteiger partial charge in [0, 0.05) is 11.3 Å². The smallest absolute Gasteiger partial charge is 0.258 e. The van der Waals surface area contributed by atoms with E-state index in [4.69, 9.17) is 5.73 Å². The summed E-state index contributed by atoms with van der Waals surface area (Å²) >= 11 is 0. The monoisotopic (exact) mass is 265 g/mol. The van der Waals surface area contributed by atoms with E-state index in [1.54, 1.807) is 24.3 Å². The molecule has 0 bridgehead atoms. The van der Waals surface area contributed by atoms with Gasteiger partial charge in [-0.1, -0.05) is 30.0 Å².